The molecule has 1 aliphatic heterocycles. The minimum absolute atomic E-state index is 0.181. The summed E-state index contributed by atoms with van der Waals surface area (Å²) in [6, 6.07) is 14.0. The number of nitrogens with two attached hydrogens (primary N) is 1. The standard InChI is InChI=1S/C33H42N8O5/c34-25(18-23-19-37-26-12-5-4-11-24(23)26)31(44)41-27-13-8-15-35-14-6-7-16-36-29(42)20-38-33(46)28(17-22-9-2-1-3-10-22)40-30(43)21-39-32(27)45/h1-5,9-12,15,19,25,27-28,37H,6-8,13-14,16-18,20-21,34H2,(H,36,42)(H,38,46)(H,39,45)(H,40,43)(H,41,44)/t25-,27-,28+/m0/s1. The molecule has 4 rings (SSSR count). The van der Waals surface area contributed by atoms with Crippen molar-refractivity contribution in [2.45, 2.75) is 56.7 Å². The first-order chi connectivity index (χ1) is 22.3. The highest BCUT2D eigenvalue weighted by atomic mass is 16.2. The summed E-state index contributed by atoms with van der Waals surface area (Å²) in [6.07, 6.45) is 6.02. The van der Waals surface area contributed by atoms with Crippen molar-refractivity contribution >= 4 is 46.7 Å². The van der Waals surface area contributed by atoms with Crippen LogP contribution in [0, 0.1) is 0 Å². The number of rotatable bonds is 6. The van der Waals surface area contributed by atoms with Crippen molar-refractivity contribution in [2.24, 2.45) is 10.7 Å². The summed E-state index contributed by atoms with van der Waals surface area (Å²) in [4.78, 5) is 72.1. The summed E-state index contributed by atoms with van der Waals surface area (Å²) in [7, 11) is 0. The number of carbonyl (C=O) groups excluding carboxylic acids is 5. The third kappa shape index (κ3) is 10.5. The Kier molecular flexibility index (Phi) is 12.8. The second-order valence-electron chi connectivity index (χ2n) is 11.2. The fourth-order valence-electron chi connectivity index (χ4n) is 5.11. The summed E-state index contributed by atoms with van der Waals surface area (Å²) < 4.78 is 0. The van der Waals surface area contributed by atoms with Crippen LogP contribution >= 0.6 is 0 Å². The Bertz CT molecular complexity index is 1520. The molecule has 2 heterocycles. The molecule has 3 atom stereocenters. The maximum absolute atomic E-state index is 13.2. The van der Waals surface area contributed by atoms with Crippen molar-refractivity contribution in [1.82, 2.24) is 31.6 Å². The number of carbonyl (C=O) groups is 5. The Morgan fingerprint density at radius 3 is 2.48 bits per heavy atom. The van der Waals surface area contributed by atoms with Crippen LogP contribution in [0.5, 0.6) is 0 Å². The Hall–Kier alpha value is -5.04. The number of hydrogen-bond acceptors (Lipinski definition) is 7. The lowest BCUT2D eigenvalue weighted by molar-refractivity contribution is -0.132. The summed E-state index contributed by atoms with van der Waals surface area (Å²) in [5.41, 5.74) is 8.89. The van der Waals surface area contributed by atoms with Gasteiger partial charge in [-0.15, -0.1) is 0 Å². The van der Waals surface area contributed by atoms with E-state index in [1.165, 1.54) is 0 Å². The SMILES string of the molecule is N[C@@H](Cc1c[nH]c2ccccc12)C(=O)N[C@H]1CCC=NCCCCNC(=O)CNC(=O)[C@@H](Cc2ccccc2)NC(=O)CNC1=O. The smallest absolute Gasteiger partial charge is 0.243 e. The van der Waals surface area contributed by atoms with Crippen molar-refractivity contribution in [3.63, 3.8) is 0 Å². The van der Waals surface area contributed by atoms with E-state index in [0.29, 0.717) is 25.9 Å². The molecule has 3 aromatic rings. The average molecular weight is 631 g/mol. The van der Waals surface area contributed by atoms with Crippen molar-refractivity contribution in [2.75, 3.05) is 26.2 Å². The quantitative estimate of drug-likeness (QED) is 0.203. The van der Waals surface area contributed by atoms with Gasteiger partial charge in [-0.1, -0.05) is 48.5 Å². The van der Waals surface area contributed by atoms with Crippen LogP contribution in [0.15, 0.2) is 65.8 Å². The van der Waals surface area contributed by atoms with Gasteiger partial charge in [0.05, 0.1) is 19.1 Å². The normalized spacial score (nSPS) is 20.1. The Morgan fingerprint density at radius 1 is 0.913 bits per heavy atom. The van der Waals surface area contributed by atoms with Gasteiger partial charge >= 0.3 is 0 Å². The second-order valence-corrected chi connectivity index (χ2v) is 11.2. The number of fused-ring (bicyclic) bond motifs is 1. The number of para-hydroxylation sites is 1. The van der Waals surface area contributed by atoms with Gasteiger partial charge in [-0.2, -0.15) is 0 Å². The lowest BCUT2D eigenvalue weighted by Gasteiger charge is -2.21. The van der Waals surface area contributed by atoms with E-state index < -0.39 is 48.3 Å². The molecule has 0 aliphatic carbocycles. The predicted octanol–water partition coefficient (Wildman–Crippen LogP) is 0.243. The molecular formula is C33H42N8O5. The second kappa shape index (κ2) is 17.4. The summed E-state index contributed by atoms with van der Waals surface area (Å²) in [6.45, 7) is 0.298. The van der Waals surface area contributed by atoms with Gasteiger partial charge in [-0.25, -0.2) is 0 Å². The molecule has 5 amide bonds. The van der Waals surface area contributed by atoms with Gasteiger partial charge in [0.2, 0.25) is 29.5 Å². The number of aliphatic imine (C=N–C) groups is 1. The first kappa shape index (κ1) is 33.8. The molecule has 13 nitrogen and oxygen atoms in total. The topological polar surface area (TPSA) is 200 Å². The molecule has 0 bridgehead atoms. The van der Waals surface area contributed by atoms with Crippen molar-refractivity contribution in [1.29, 1.82) is 0 Å². The van der Waals surface area contributed by atoms with Crippen LogP contribution < -0.4 is 32.3 Å². The fourth-order valence-corrected chi connectivity index (χ4v) is 5.11. The highest BCUT2D eigenvalue weighted by Gasteiger charge is 2.26. The Balaban J connectivity index is 1.42. The molecule has 0 spiro atoms. The predicted molar refractivity (Wildman–Crippen MR) is 175 cm³/mol. The first-order valence-electron chi connectivity index (χ1n) is 15.5. The van der Waals surface area contributed by atoms with Crippen molar-refractivity contribution in [3.8, 4) is 0 Å². The van der Waals surface area contributed by atoms with E-state index in [9.17, 15) is 24.0 Å². The highest BCUT2D eigenvalue weighted by Crippen LogP contribution is 2.19. The van der Waals surface area contributed by atoms with Crippen LogP contribution in [0.2, 0.25) is 0 Å². The molecule has 0 unspecified atom stereocenters. The van der Waals surface area contributed by atoms with Gasteiger partial charge < -0.3 is 37.3 Å². The zero-order valence-electron chi connectivity index (χ0n) is 25.7. The summed E-state index contributed by atoms with van der Waals surface area (Å²) in [5.74, 6) is -2.53. The van der Waals surface area contributed by atoms with Crippen LogP contribution in [0.25, 0.3) is 10.9 Å². The van der Waals surface area contributed by atoms with Crippen molar-refractivity contribution < 1.29 is 24.0 Å². The van der Waals surface area contributed by atoms with Gasteiger partial charge in [-0.05, 0) is 55.5 Å². The third-order valence-corrected chi connectivity index (χ3v) is 7.61. The molecule has 2 aromatic carbocycles. The third-order valence-electron chi connectivity index (χ3n) is 7.61. The number of nitrogens with zero attached hydrogens (tertiary/aromatic N) is 1. The van der Waals surface area contributed by atoms with Crippen LogP contribution in [-0.4, -0.2) is 85.0 Å². The van der Waals surface area contributed by atoms with Gasteiger partial charge in [0.15, 0.2) is 0 Å². The number of aromatic nitrogens is 1. The molecule has 1 aromatic heterocycles. The number of aromatic amines is 1. The maximum atomic E-state index is 13.2. The molecule has 0 fully saturated rings. The van der Waals surface area contributed by atoms with Gasteiger partial charge in [0, 0.05) is 36.6 Å². The molecule has 244 valence electrons. The van der Waals surface area contributed by atoms with E-state index in [1.807, 2.05) is 60.8 Å². The van der Waals surface area contributed by atoms with Crippen LogP contribution in [0.1, 0.15) is 36.8 Å². The Labute approximate surface area is 267 Å². The summed E-state index contributed by atoms with van der Waals surface area (Å²) in [5, 5.41) is 14.3. The average Bonchev–Trinajstić information content (AvgIpc) is 3.46. The molecule has 0 saturated carbocycles. The van der Waals surface area contributed by atoms with E-state index >= 15 is 0 Å². The summed E-state index contributed by atoms with van der Waals surface area (Å²) >= 11 is 0. The lowest BCUT2D eigenvalue weighted by atomic mass is 10.0. The first-order valence-corrected chi connectivity index (χ1v) is 15.5. The van der Waals surface area contributed by atoms with Crippen LogP contribution in [0.3, 0.4) is 0 Å². The number of H-pyrrole nitrogens is 1. The fraction of sp³-hybridized carbons (Fsp3) is 0.394. The molecule has 46 heavy (non-hydrogen) atoms. The monoisotopic (exact) mass is 630 g/mol. The van der Waals surface area contributed by atoms with Gasteiger partial charge in [0.1, 0.15) is 12.1 Å². The zero-order chi connectivity index (χ0) is 32.7. The number of nitrogens with one attached hydrogen (secondary N) is 6. The number of amides is 5. The van der Waals surface area contributed by atoms with E-state index in [1.54, 1.807) is 6.21 Å². The van der Waals surface area contributed by atoms with Crippen molar-refractivity contribution in [3.05, 3.63) is 71.9 Å². The maximum Gasteiger partial charge on any atom is 0.243 e. The molecule has 0 saturated heterocycles. The van der Waals surface area contributed by atoms with Gasteiger partial charge in [-0.3, -0.25) is 29.0 Å². The van der Waals surface area contributed by atoms with E-state index in [2.05, 4.69) is 36.6 Å². The largest absolute Gasteiger partial charge is 0.361 e. The molecular weight excluding hydrogens is 588 g/mol. The van der Waals surface area contributed by atoms with E-state index in [4.69, 9.17) is 5.73 Å². The molecule has 0 radical (unpaired) electrons. The zero-order valence-corrected chi connectivity index (χ0v) is 25.7. The molecule has 1 aliphatic rings. The number of benzene rings is 2. The van der Waals surface area contributed by atoms with Crippen LogP contribution in [0.4, 0.5) is 0 Å². The van der Waals surface area contributed by atoms with Crippen LogP contribution in [-0.2, 0) is 36.8 Å². The van der Waals surface area contributed by atoms with E-state index in [0.717, 1.165) is 28.5 Å². The minimum atomic E-state index is -0.987. The molecule has 13 heteroatoms. The lowest BCUT2D eigenvalue weighted by Crippen LogP contribution is -2.55. The van der Waals surface area contributed by atoms with Gasteiger partial charge in [0.25, 0.3) is 0 Å². The molecule has 8 N–H and O–H groups in total. The Morgan fingerprint density at radius 2 is 1.65 bits per heavy atom. The number of hydrogen-bond donors (Lipinski definition) is 7. The minimum Gasteiger partial charge on any atom is -0.361 e. The highest BCUT2D eigenvalue weighted by molar-refractivity contribution is 5.94. The van der Waals surface area contributed by atoms with E-state index in [-0.39, 0.29) is 31.7 Å².